The molecule has 1 heterocycles. The zero-order valence-electron chi connectivity index (χ0n) is 19.4. The molecule has 3 aromatic rings. The van der Waals surface area contributed by atoms with Gasteiger partial charge in [0, 0.05) is 10.8 Å². The number of hydrogen-bond donors (Lipinski definition) is 0. The molecule has 0 saturated carbocycles. The highest BCUT2D eigenvalue weighted by molar-refractivity contribution is 7.87. The average Bonchev–Trinajstić information content (AvgIpc) is 3.21. The van der Waals surface area contributed by atoms with Gasteiger partial charge in [0.1, 0.15) is 9.79 Å². The lowest BCUT2D eigenvalue weighted by Crippen LogP contribution is -2.13. The topological polar surface area (TPSA) is 86.7 Å². The summed E-state index contributed by atoms with van der Waals surface area (Å²) in [6.45, 7) is 4.03. The smallest absolute Gasteiger partial charge is 0.339 e. The molecule has 0 atom stereocenters. The molecule has 3 rings (SSSR count). The van der Waals surface area contributed by atoms with Crippen molar-refractivity contribution in [2.24, 2.45) is 0 Å². The van der Waals surface area contributed by atoms with Gasteiger partial charge in [-0.3, -0.25) is 0 Å². The highest BCUT2D eigenvalue weighted by Crippen LogP contribution is 2.36. The Balaban J connectivity index is 1.63. The Kier molecular flexibility index (Phi) is 9.16. The quantitative estimate of drug-likeness (QED) is 0.188. The minimum absolute atomic E-state index is 0.00209. The van der Waals surface area contributed by atoms with Crippen molar-refractivity contribution in [1.29, 1.82) is 0 Å². The van der Waals surface area contributed by atoms with Crippen LogP contribution in [0.3, 0.4) is 0 Å². The number of rotatable bonds is 13. The van der Waals surface area contributed by atoms with Gasteiger partial charge in [0.2, 0.25) is 0 Å². The van der Waals surface area contributed by atoms with E-state index in [9.17, 15) is 16.8 Å². The van der Waals surface area contributed by atoms with E-state index in [1.807, 2.05) is 6.92 Å². The predicted molar refractivity (Wildman–Crippen MR) is 135 cm³/mol. The summed E-state index contributed by atoms with van der Waals surface area (Å²) in [6, 6.07) is 12.8. The Morgan fingerprint density at radius 3 is 1.68 bits per heavy atom. The highest BCUT2D eigenvalue weighted by atomic mass is 32.2. The Bertz CT molecular complexity index is 1260. The molecule has 2 aromatic carbocycles. The van der Waals surface area contributed by atoms with E-state index in [2.05, 4.69) is 6.92 Å². The molecule has 1 aromatic heterocycles. The largest absolute Gasteiger partial charge is 0.374 e. The van der Waals surface area contributed by atoms with Crippen molar-refractivity contribution in [2.45, 2.75) is 68.6 Å². The normalized spacial score (nSPS) is 11.9. The molecule has 34 heavy (non-hydrogen) atoms. The second-order valence-electron chi connectivity index (χ2n) is 8.15. The van der Waals surface area contributed by atoms with Crippen LogP contribution in [-0.2, 0) is 26.7 Å². The molecular formula is C25H30O6S3. The Morgan fingerprint density at radius 1 is 0.676 bits per heavy atom. The first-order valence-corrected chi connectivity index (χ1v) is 15.1. The van der Waals surface area contributed by atoms with Crippen molar-refractivity contribution < 1.29 is 25.2 Å². The lowest BCUT2D eigenvalue weighted by Gasteiger charge is -2.10. The highest BCUT2D eigenvalue weighted by Gasteiger charge is 2.24. The van der Waals surface area contributed by atoms with Crippen LogP contribution in [0, 0.1) is 6.92 Å². The first-order chi connectivity index (χ1) is 16.2. The number of unbranched alkanes of at least 4 members (excludes halogenated alkanes) is 5. The van der Waals surface area contributed by atoms with Gasteiger partial charge in [0.05, 0.1) is 0 Å². The summed E-state index contributed by atoms with van der Waals surface area (Å²) in [5.74, 6) is -0.342. The molecule has 0 unspecified atom stereocenters. The Hall–Kier alpha value is -2.36. The summed E-state index contributed by atoms with van der Waals surface area (Å²) in [4.78, 5) is -0.0307. The molecule has 0 saturated heterocycles. The predicted octanol–water partition coefficient (Wildman–Crippen LogP) is 6.49. The van der Waals surface area contributed by atoms with E-state index in [1.165, 1.54) is 60.7 Å². The van der Waals surface area contributed by atoms with E-state index in [1.54, 1.807) is 24.3 Å². The fourth-order valence-electron chi connectivity index (χ4n) is 3.36. The van der Waals surface area contributed by atoms with E-state index in [-0.39, 0.29) is 21.3 Å². The molecule has 0 radical (unpaired) electrons. The van der Waals surface area contributed by atoms with Gasteiger partial charge in [0.25, 0.3) is 0 Å². The lowest BCUT2D eigenvalue weighted by molar-refractivity contribution is 0.451. The van der Waals surface area contributed by atoms with Crippen LogP contribution in [0.4, 0.5) is 0 Å². The van der Waals surface area contributed by atoms with Crippen molar-refractivity contribution in [1.82, 2.24) is 0 Å². The van der Waals surface area contributed by atoms with Crippen LogP contribution in [-0.4, -0.2) is 16.8 Å². The summed E-state index contributed by atoms with van der Waals surface area (Å²) in [6.07, 6.45) is 8.09. The summed E-state index contributed by atoms with van der Waals surface area (Å²) in [7, 11) is -8.29. The third-order valence-electron chi connectivity index (χ3n) is 5.33. The summed E-state index contributed by atoms with van der Waals surface area (Å²) >= 11 is 1.08. The van der Waals surface area contributed by atoms with Gasteiger partial charge in [0.15, 0.2) is 11.5 Å². The van der Waals surface area contributed by atoms with E-state index in [0.29, 0.717) is 0 Å². The van der Waals surface area contributed by atoms with Crippen molar-refractivity contribution in [3.8, 4) is 11.5 Å². The number of thiophene rings is 1. The van der Waals surface area contributed by atoms with Crippen molar-refractivity contribution in [3.05, 3.63) is 70.4 Å². The number of aryl methyl sites for hydroxylation is 2. The van der Waals surface area contributed by atoms with Crippen molar-refractivity contribution in [3.63, 3.8) is 0 Å². The fourth-order valence-corrected chi connectivity index (χ4v) is 6.00. The van der Waals surface area contributed by atoms with Crippen molar-refractivity contribution >= 4 is 31.6 Å². The molecule has 6 nitrogen and oxygen atoms in total. The average molecular weight is 523 g/mol. The molecule has 0 fully saturated rings. The number of benzene rings is 2. The minimum atomic E-state index is -4.15. The van der Waals surface area contributed by atoms with Crippen molar-refractivity contribution in [2.75, 3.05) is 0 Å². The molecule has 9 heteroatoms. The van der Waals surface area contributed by atoms with Crippen LogP contribution in [0.15, 0.2) is 69.1 Å². The third kappa shape index (κ3) is 7.32. The van der Waals surface area contributed by atoms with Gasteiger partial charge in [-0.1, -0.05) is 68.9 Å². The standard InChI is InChI=1S/C25H30O6S3/c1-3-4-5-6-7-8-9-21-12-16-23(17-13-21)34(28,29)31-25-19-32-18-24(25)30-33(26,27)22-14-10-20(2)11-15-22/h10-19H,3-9H2,1-2H3. The summed E-state index contributed by atoms with van der Waals surface area (Å²) < 4.78 is 61.1. The molecule has 0 aliphatic carbocycles. The molecular weight excluding hydrogens is 492 g/mol. The van der Waals surface area contributed by atoms with Crippen LogP contribution >= 0.6 is 11.3 Å². The van der Waals surface area contributed by atoms with E-state index < -0.39 is 20.2 Å². The monoisotopic (exact) mass is 522 g/mol. The minimum Gasteiger partial charge on any atom is -0.374 e. The van der Waals surface area contributed by atoms with Gasteiger partial charge in [-0.05, 0) is 49.6 Å². The van der Waals surface area contributed by atoms with Crippen LogP contribution in [0.2, 0.25) is 0 Å². The zero-order valence-corrected chi connectivity index (χ0v) is 21.8. The molecule has 0 spiro atoms. The fraction of sp³-hybridized carbons (Fsp3) is 0.360. The maximum atomic E-state index is 12.8. The maximum absolute atomic E-state index is 12.8. The van der Waals surface area contributed by atoms with Crippen LogP contribution in [0.25, 0.3) is 0 Å². The van der Waals surface area contributed by atoms with Gasteiger partial charge in [-0.25, -0.2) is 0 Å². The first kappa shape index (κ1) is 26.2. The summed E-state index contributed by atoms with van der Waals surface area (Å²) in [5.41, 5.74) is 1.97. The zero-order chi connectivity index (χ0) is 24.6. The van der Waals surface area contributed by atoms with Gasteiger partial charge in [-0.15, -0.1) is 11.3 Å². The first-order valence-electron chi connectivity index (χ1n) is 11.3. The van der Waals surface area contributed by atoms with Crippen LogP contribution in [0.5, 0.6) is 11.5 Å². The lowest BCUT2D eigenvalue weighted by atomic mass is 10.1. The van der Waals surface area contributed by atoms with Crippen LogP contribution < -0.4 is 8.37 Å². The van der Waals surface area contributed by atoms with Gasteiger partial charge in [-0.2, -0.15) is 16.8 Å². The summed E-state index contributed by atoms with van der Waals surface area (Å²) in [5, 5.41) is 2.78. The second kappa shape index (κ2) is 11.9. The van der Waals surface area contributed by atoms with Gasteiger partial charge >= 0.3 is 20.2 Å². The SMILES string of the molecule is CCCCCCCCc1ccc(S(=O)(=O)Oc2cscc2OS(=O)(=O)c2ccc(C)cc2)cc1. The van der Waals surface area contributed by atoms with Gasteiger partial charge < -0.3 is 8.37 Å². The molecule has 0 aliphatic heterocycles. The van der Waals surface area contributed by atoms with E-state index in [0.717, 1.165) is 41.7 Å². The molecule has 0 aliphatic rings. The molecule has 0 amide bonds. The third-order valence-corrected chi connectivity index (χ3v) is 8.53. The van der Waals surface area contributed by atoms with E-state index >= 15 is 0 Å². The maximum Gasteiger partial charge on any atom is 0.339 e. The molecule has 0 bridgehead atoms. The molecule has 0 N–H and O–H groups in total. The van der Waals surface area contributed by atoms with Crippen LogP contribution in [0.1, 0.15) is 56.6 Å². The Labute approximate surface area is 206 Å². The number of hydrogen-bond acceptors (Lipinski definition) is 7. The molecule has 184 valence electrons. The van der Waals surface area contributed by atoms with E-state index in [4.69, 9.17) is 8.37 Å². The second-order valence-corrected chi connectivity index (χ2v) is 12.0. The Morgan fingerprint density at radius 2 is 1.15 bits per heavy atom.